The molecule has 0 radical (unpaired) electrons. The van der Waals surface area contributed by atoms with Gasteiger partial charge in [-0.2, -0.15) is 5.10 Å². The van der Waals surface area contributed by atoms with Crippen molar-refractivity contribution in [2.75, 3.05) is 24.9 Å². The van der Waals surface area contributed by atoms with Crippen molar-refractivity contribution in [1.29, 1.82) is 0 Å². The Kier molecular flexibility index (Phi) is 6.32. The maximum atomic E-state index is 12.3. The number of aromatic amines is 1. The number of carbonyl (C=O) groups is 1. The molecule has 3 aromatic carbocycles. The predicted octanol–water partition coefficient (Wildman–Crippen LogP) is 5.46. The van der Waals surface area contributed by atoms with Crippen LogP contribution >= 0.6 is 11.6 Å². The molecule has 0 saturated carbocycles. The van der Waals surface area contributed by atoms with E-state index in [0.29, 0.717) is 40.4 Å². The zero-order valence-corrected chi connectivity index (χ0v) is 18.2. The summed E-state index contributed by atoms with van der Waals surface area (Å²) in [4.78, 5) is 12.3. The molecular weight excluding hydrogens is 432 g/mol. The molecule has 2 amide bonds. The van der Waals surface area contributed by atoms with Crippen molar-refractivity contribution in [3.05, 3.63) is 71.2 Å². The molecule has 0 aliphatic carbocycles. The second-order valence-corrected chi connectivity index (χ2v) is 7.32. The Balaban J connectivity index is 1.43. The number of carbonyl (C=O) groups excluding carboxylic acids is 1. The molecular formula is C23H21ClN4O4. The van der Waals surface area contributed by atoms with Gasteiger partial charge in [-0.3, -0.25) is 10.4 Å². The van der Waals surface area contributed by atoms with E-state index < -0.39 is 6.03 Å². The molecule has 164 valence electrons. The van der Waals surface area contributed by atoms with Crippen LogP contribution in [0.25, 0.3) is 10.9 Å². The highest BCUT2D eigenvalue weighted by atomic mass is 35.5. The number of hydrogen-bond donors (Lipinski definition) is 3. The van der Waals surface area contributed by atoms with Crippen molar-refractivity contribution < 1.29 is 19.0 Å². The van der Waals surface area contributed by atoms with Crippen molar-refractivity contribution in [2.45, 2.75) is 6.61 Å². The van der Waals surface area contributed by atoms with Crippen molar-refractivity contribution in [2.24, 2.45) is 0 Å². The number of fused-ring (bicyclic) bond motifs is 1. The average molecular weight is 453 g/mol. The number of benzene rings is 3. The van der Waals surface area contributed by atoms with Crippen LogP contribution < -0.4 is 24.8 Å². The number of methoxy groups -OCH3 is 2. The van der Waals surface area contributed by atoms with Gasteiger partial charge >= 0.3 is 6.03 Å². The standard InChI is InChI=1S/C23H21ClN4O4/c1-30-18-8-14(9-19(11-18)31-2)13-32-17-6-7-20-21(12-17)27-28-22(20)26-23(29)25-16-5-3-4-15(24)10-16/h3-12H,13H2,1-2H3,(H3,25,26,27,28,29). The maximum absolute atomic E-state index is 12.3. The summed E-state index contributed by atoms with van der Waals surface area (Å²) < 4.78 is 16.5. The highest BCUT2D eigenvalue weighted by Crippen LogP contribution is 2.27. The van der Waals surface area contributed by atoms with Gasteiger partial charge in [0.15, 0.2) is 5.82 Å². The maximum Gasteiger partial charge on any atom is 0.324 e. The molecule has 0 aliphatic heterocycles. The lowest BCUT2D eigenvalue weighted by molar-refractivity contribution is 0.262. The minimum atomic E-state index is -0.423. The molecule has 9 heteroatoms. The monoisotopic (exact) mass is 452 g/mol. The van der Waals surface area contributed by atoms with Crippen LogP contribution in [0.3, 0.4) is 0 Å². The van der Waals surface area contributed by atoms with Crippen LogP contribution in [0.2, 0.25) is 5.02 Å². The fourth-order valence-corrected chi connectivity index (χ4v) is 3.33. The van der Waals surface area contributed by atoms with E-state index >= 15 is 0 Å². The minimum Gasteiger partial charge on any atom is -0.497 e. The van der Waals surface area contributed by atoms with Gasteiger partial charge in [-0.15, -0.1) is 0 Å². The molecule has 8 nitrogen and oxygen atoms in total. The molecule has 4 rings (SSSR count). The van der Waals surface area contributed by atoms with Crippen LogP contribution in [0.4, 0.5) is 16.3 Å². The summed E-state index contributed by atoms with van der Waals surface area (Å²) in [6, 6.07) is 17.5. The summed E-state index contributed by atoms with van der Waals surface area (Å²) >= 11 is 5.95. The number of hydrogen-bond acceptors (Lipinski definition) is 5. The average Bonchev–Trinajstić information content (AvgIpc) is 3.19. The molecule has 3 N–H and O–H groups in total. The van der Waals surface area contributed by atoms with Gasteiger partial charge < -0.3 is 19.5 Å². The van der Waals surface area contributed by atoms with E-state index in [1.807, 2.05) is 30.3 Å². The Morgan fingerprint density at radius 3 is 2.47 bits per heavy atom. The second kappa shape index (κ2) is 9.49. The van der Waals surface area contributed by atoms with Crippen LogP contribution in [0.1, 0.15) is 5.56 Å². The highest BCUT2D eigenvalue weighted by molar-refractivity contribution is 6.30. The lowest BCUT2D eigenvalue weighted by Gasteiger charge is -2.10. The normalized spacial score (nSPS) is 10.6. The molecule has 0 unspecified atom stereocenters. The van der Waals surface area contributed by atoms with Crippen molar-refractivity contribution in [3.63, 3.8) is 0 Å². The van der Waals surface area contributed by atoms with Crippen molar-refractivity contribution >= 4 is 40.0 Å². The molecule has 0 spiro atoms. The number of ether oxygens (including phenoxy) is 3. The fraction of sp³-hybridized carbons (Fsp3) is 0.130. The van der Waals surface area contributed by atoms with Crippen LogP contribution in [-0.2, 0) is 6.61 Å². The summed E-state index contributed by atoms with van der Waals surface area (Å²) in [6.45, 7) is 0.334. The number of nitrogens with one attached hydrogen (secondary N) is 3. The SMILES string of the molecule is COc1cc(COc2ccc3c(NC(=O)Nc4cccc(Cl)c4)n[nH]c3c2)cc(OC)c1. The van der Waals surface area contributed by atoms with E-state index in [9.17, 15) is 4.79 Å². The summed E-state index contributed by atoms with van der Waals surface area (Å²) in [5.74, 6) is 2.44. The molecule has 0 fully saturated rings. The van der Waals surface area contributed by atoms with E-state index in [1.54, 1.807) is 44.6 Å². The summed E-state index contributed by atoms with van der Waals surface area (Å²) in [5, 5.41) is 13.8. The molecule has 1 heterocycles. The quantitative estimate of drug-likeness (QED) is 0.346. The van der Waals surface area contributed by atoms with Gasteiger partial charge in [-0.25, -0.2) is 4.79 Å². The largest absolute Gasteiger partial charge is 0.497 e. The van der Waals surface area contributed by atoms with Crippen LogP contribution in [0.15, 0.2) is 60.7 Å². The number of nitrogens with zero attached hydrogens (tertiary/aromatic N) is 1. The first-order chi connectivity index (χ1) is 15.5. The molecule has 1 aromatic heterocycles. The van der Waals surface area contributed by atoms with E-state index in [1.165, 1.54) is 0 Å². The summed E-state index contributed by atoms with van der Waals surface area (Å²) in [5.41, 5.74) is 2.22. The Morgan fingerprint density at radius 2 is 1.75 bits per heavy atom. The van der Waals surface area contributed by atoms with Crippen LogP contribution in [0.5, 0.6) is 17.2 Å². The minimum absolute atomic E-state index is 0.334. The molecule has 4 aromatic rings. The van der Waals surface area contributed by atoms with Gasteiger partial charge in [0, 0.05) is 28.2 Å². The molecule has 0 bridgehead atoms. The lowest BCUT2D eigenvalue weighted by atomic mass is 10.2. The van der Waals surface area contributed by atoms with Crippen molar-refractivity contribution in [1.82, 2.24) is 10.2 Å². The van der Waals surface area contributed by atoms with Gasteiger partial charge in [-0.1, -0.05) is 17.7 Å². The third kappa shape index (κ3) is 5.04. The highest BCUT2D eigenvalue weighted by Gasteiger charge is 2.11. The second-order valence-electron chi connectivity index (χ2n) is 6.88. The number of urea groups is 1. The van der Waals surface area contributed by atoms with Gasteiger partial charge in [0.1, 0.15) is 23.9 Å². The zero-order chi connectivity index (χ0) is 22.5. The summed E-state index contributed by atoms with van der Waals surface area (Å²) in [7, 11) is 3.21. The first kappa shape index (κ1) is 21.3. The number of halogens is 1. The fourth-order valence-electron chi connectivity index (χ4n) is 3.14. The molecule has 0 saturated heterocycles. The van der Waals surface area contributed by atoms with E-state index in [0.717, 1.165) is 16.5 Å². The molecule has 0 atom stereocenters. The molecule has 0 aliphatic rings. The Hall–Kier alpha value is -3.91. The first-order valence-corrected chi connectivity index (χ1v) is 10.1. The van der Waals surface area contributed by atoms with Gasteiger partial charge in [0.2, 0.25) is 0 Å². The summed E-state index contributed by atoms with van der Waals surface area (Å²) in [6.07, 6.45) is 0. The number of H-pyrrole nitrogens is 1. The zero-order valence-electron chi connectivity index (χ0n) is 17.4. The Morgan fingerprint density at radius 1 is 0.969 bits per heavy atom. The number of rotatable bonds is 7. The third-order valence-corrected chi connectivity index (χ3v) is 4.90. The smallest absolute Gasteiger partial charge is 0.324 e. The van der Waals surface area contributed by atoms with Crippen molar-refractivity contribution in [3.8, 4) is 17.2 Å². The van der Waals surface area contributed by atoms with Gasteiger partial charge in [0.25, 0.3) is 0 Å². The van der Waals surface area contributed by atoms with Gasteiger partial charge in [0.05, 0.1) is 19.7 Å². The Bertz CT molecular complexity index is 1240. The lowest BCUT2D eigenvalue weighted by Crippen LogP contribution is -2.19. The first-order valence-electron chi connectivity index (χ1n) is 9.70. The number of amides is 2. The van der Waals surface area contributed by atoms with Gasteiger partial charge in [-0.05, 0) is 48.0 Å². The van der Waals surface area contributed by atoms with Crippen LogP contribution in [-0.4, -0.2) is 30.4 Å². The van der Waals surface area contributed by atoms with E-state index in [4.69, 9.17) is 25.8 Å². The van der Waals surface area contributed by atoms with E-state index in [2.05, 4.69) is 20.8 Å². The Labute approximate surface area is 189 Å². The predicted molar refractivity (Wildman–Crippen MR) is 124 cm³/mol. The van der Waals surface area contributed by atoms with E-state index in [-0.39, 0.29) is 0 Å². The molecule has 32 heavy (non-hydrogen) atoms. The number of aromatic nitrogens is 2. The number of anilines is 2. The topological polar surface area (TPSA) is 97.5 Å². The third-order valence-electron chi connectivity index (χ3n) is 4.67. The van der Waals surface area contributed by atoms with Crippen LogP contribution in [0, 0.1) is 0 Å².